The van der Waals surface area contributed by atoms with Crippen LogP contribution in [-0.2, 0) is 5.88 Å². The number of hydrogen-bond donors (Lipinski definition) is 0. The Hall–Kier alpha value is -2.34. The van der Waals surface area contributed by atoms with Gasteiger partial charge in [0, 0.05) is 5.56 Å². The van der Waals surface area contributed by atoms with Crippen molar-refractivity contribution in [3.63, 3.8) is 0 Å². The third-order valence-electron chi connectivity index (χ3n) is 2.74. The summed E-state index contributed by atoms with van der Waals surface area (Å²) in [6, 6.07) is 8.08. The summed E-state index contributed by atoms with van der Waals surface area (Å²) in [6.45, 7) is 0. The number of alkyl halides is 1. The van der Waals surface area contributed by atoms with E-state index in [0.29, 0.717) is 11.3 Å². The van der Waals surface area contributed by atoms with E-state index < -0.39 is 10.7 Å². The molecule has 0 aliphatic rings. The van der Waals surface area contributed by atoms with Crippen molar-refractivity contribution in [2.24, 2.45) is 0 Å². The lowest BCUT2D eigenvalue weighted by atomic mass is 10.2. The van der Waals surface area contributed by atoms with Gasteiger partial charge in [-0.1, -0.05) is 0 Å². The number of nitro groups is 1. The lowest BCUT2D eigenvalue weighted by Crippen LogP contribution is -1.95. The van der Waals surface area contributed by atoms with E-state index >= 15 is 0 Å². The van der Waals surface area contributed by atoms with Crippen LogP contribution < -0.4 is 9.47 Å². The van der Waals surface area contributed by atoms with Gasteiger partial charge in [0.2, 0.25) is 0 Å². The second kappa shape index (κ2) is 6.41. The van der Waals surface area contributed by atoms with Gasteiger partial charge in [-0.3, -0.25) is 10.1 Å². The summed E-state index contributed by atoms with van der Waals surface area (Å²) in [5.41, 5.74) is 0.236. The third kappa shape index (κ3) is 3.41. The van der Waals surface area contributed by atoms with Gasteiger partial charge >= 0.3 is 5.69 Å². The Bertz CT molecular complexity index is 678. The zero-order valence-corrected chi connectivity index (χ0v) is 11.8. The lowest BCUT2D eigenvalue weighted by molar-refractivity contribution is -0.385. The maximum Gasteiger partial charge on any atom is 0.314 e. The molecule has 21 heavy (non-hydrogen) atoms. The second-order valence-corrected chi connectivity index (χ2v) is 4.35. The average molecular weight is 312 g/mol. The summed E-state index contributed by atoms with van der Waals surface area (Å²) < 4.78 is 23.6. The molecule has 0 unspecified atom stereocenters. The Morgan fingerprint density at radius 3 is 2.57 bits per heavy atom. The molecule has 0 saturated carbocycles. The number of hydrogen-bond acceptors (Lipinski definition) is 4. The van der Waals surface area contributed by atoms with Crippen LogP contribution >= 0.6 is 11.6 Å². The van der Waals surface area contributed by atoms with Crippen molar-refractivity contribution in [3.05, 3.63) is 57.9 Å². The summed E-state index contributed by atoms with van der Waals surface area (Å²) in [7, 11) is 1.34. The van der Waals surface area contributed by atoms with E-state index in [4.69, 9.17) is 21.1 Å². The minimum atomic E-state index is -0.571. The monoisotopic (exact) mass is 311 g/mol. The van der Waals surface area contributed by atoms with Gasteiger partial charge in [0.05, 0.1) is 24.0 Å². The van der Waals surface area contributed by atoms with Gasteiger partial charge in [0.1, 0.15) is 17.3 Å². The van der Waals surface area contributed by atoms with Gasteiger partial charge in [-0.15, -0.1) is 11.6 Å². The molecule has 0 saturated heterocycles. The molecule has 0 spiro atoms. The van der Waals surface area contributed by atoms with Crippen LogP contribution in [-0.4, -0.2) is 12.0 Å². The molecule has 110 valence electrons. The van der Waals surface area contributed by atoms with Gasteiger partial charge in [0.15, 0.2) is 5.75 Å². The smallest absolute Gasteiger partial charge is 0.314 e. The Morgan fingerprint density at radius 2 is 1.95 bits per heavy atom. The number of ether oxygens (including phenoxy) is 2. The fraction of sp³-hybridized carbons (Fsp3) is 0.143. The Morgan fingerprint density at radius 1 is 1.24 bits per heavy atom. The van der Waals surface area contributed by atoms with Gasteiger partial charge in [0.25, 0.3) is 0 Å². The molecule has 0 aliphatic heterocycles. The highest BCUT2D eigenvalue weighted by atomic mass is 35.5. The minimum Gasteiger partial charge on any atom is -0.490 e. The number of rotatable bonds is 5. The maximum atomic E-state index is 13.1. The Labute approximate surface area is 125 Å². The van der Waals surface area contributed by atoms with Crippen molar-refractivity contribution >= 4 is 17.3 Å². The summed E-state index contributed by atoms with van der Waals surface area (Å²) in [6.07, 6.45) is 0. The van der Waals surface area contributed by atoms with Gasteiger partial charge in [-0.25, -0.2) is 4.39 Å². The van der Waals surface area contributed by atoms with Crippen LogP contribution in [0.1, 0.15) is 5.56 Å². The van der Waals surface area contributed by atoms with E-state index in [9.17, 15) is 14.5 Å². The third-order valence-corrected chi connectivity index (χ3v) is 3.03. The van der Waals surface area contributed by atoms with Crippen LogP contribution in [0.5, 0.6) is 17.2 Å². The number of nitro benzene ring substituents is 1. The molecule has 0 fully saturated rings. The Balaban J connectivity index is 2.36. The maximum absolute atomic E-state index is 13.1. The molecule has 0 aliphatic carbocycles. The molecule has 0 radical (unpaired) electrons. The molecular formula is C14H11ClFNO4. The average Bonchev–Trinajstić information content (AvgIpc) is 2.48. The summed E-state index contributed by atoms with van der Waals surface area (Å²) in [5, 5.41) is 11.0. The van der Waals surface area contributed by atoms with E-state index in [-0.39, 0.29) is 23.1 Å². The van der Waals surface area contributed by atoms with Gasteiger partial charge < -0.3 is 9.47 Å². The van der Waals surface area contributed by atoms with Crippen molar-refractivity contribution in [2.75, 3.05) is 7.11 Å². The largest absolute Gasteiger partial charge is 0.490 e. The molecular weight excluding hydrogens is 301 g/mol. The first-order valence-corrected chi connectivity index (χ1v) is 6.43. The molecule has 7 heteroatoms. The van der Waals surface area contributed by atoms with Crippen molar-refractivity contribution in [1.29, 1.82) is 0 Å². The first-order chi connectivity index (χ1) is 10.0. The van der Waals surface area contributed by atoms with Crippen LogP contribution in [0, 0.1) is 15.9 Å². The zero-order valence-electron chi connectivity index (χ0n) is 11.0. The summed E-state index contributed by atoms with van der Waals surface area (Å²) >= 11 is 5.72. The summed E-state index contributed by atoms with van der Waals surface area (Å²) in [4.78, 5) is 10.4. The standard InChI is InChI=1S/C14H11ClFNO4/c1-20-14-5-3-11(7-12(14)17(18)19)21-13-4-2-10(16)6-9(13)8-15/h2-7H,8H2,1H3. The van der Waals surface area contributed by atoms with Crippen molar-refractivity contribution in [3.8, 4) is 17.2 Å². The SMILES string of the molecule is COc1ccc(Oc2ccc(F)cc2CCl)cc1[N+](=O)[O-]. The van der Waals surface area contributed by atoms with Crippen LogP contribution in [0.2, 0.25) is 0 Å². The van der Waals surface area contributed by atoms with E-state index in [2.05, 4.69) is 0 Å². The second-order valence-electron chi connectivity index (χ2n) is 4.08. The van der Waals surface area contributed by atoms with Crippen molar-refractivity contribution in [2.45, 2.75) is 5.88 Å². The van der Waals surface area contributed by atoms with Gasteiger partial charge in [-0.05, 0) is 30.3 Å². The fourth-order valence-electron chi connectivity index (χ4n) is 1.75. The van der Waals surface area contributed by atoms with Crippen molar-refractivity contribution in [1.82, 2.24) is 0 Å². The molecule has 2 rings (SSSR count). The van der Waals surface area contributed by atoms with Crippen LogP contribution in [0.25, 0.3) is 0 Å². The van der Waals surface area contributed by atoms with Gasteiger partial charge in [-0.2, -0.15) is 0 Å². The molecule has 0 amide bonds. The fourth-order valence-corrected chi connectivity index (χ4v) is 1.96. The van der Waals surface area contributed by atoms with Crippen LogP contribution in [0.3, 0.4) is 0 Å². The molecule has 2 aromatic carbocycles. The topological polar surface area (TPSA) is 61.6 Å². The number of benzene rings is 2. The van der Waals surface area contributed by atoms with E-state index in [0.717, 1.165) is 0 Å². The highest BCUT2D eigenvalue weighted by Crippen LogP contribution is 2.34. The van der Waals surface area contributed by atoms with Crippen molar-refractivity contribution < 1.29 is 18.8 Å². The highest BCUT2D eigenvalue weighted by Gasteiger charge is 2.16. The molecule has 0 bridgehead atoms. The predicted molar refractivity (Wildman–Crippen MR) is 75.7 cm³/mol. The molecule has 5 nitrogen and oxygen atoms in total. The molecule has 2 aromatic rings. The van der Waals surface area contributed by atoms with E-state index in [1.54, 1.807) is 0 Å². The predicted octanol–water partition coefficient (Wildman–Crippen LogP) is 4.27. The zero-order chi connectivity index (χ0) is 15.4. The highest BCUT2D eigenvalue weighted by molar-refractivity contribution is 6.17. The number of halogens is 2. The quantitative estimate of drug-likeness (QED) is 0.470. The van der Waals surface area contributed by atoms with Crippen LogP contribution in [0.15, 0.2) is 36.4 Å². The number of nitrogens with zero attached hydrogens (tertiary/aromatic N) is 1. The van der Waals surface area contributed by atoms with E-state index in [1.807, 2.05) is 0 Å². The minimum absolute atomic E-state index is 0.0609. The Kier molecular flexibility index (Phi) is 4.59. The summed E-state index contributed by atoms with van der Waals surface area (Å²) in [5.74, 6) is 0.333. The van der Waals surface area contributed by atoms with Crippen LogP contribution in [0.4, 0.5) is 10.1 Å². The number of methoxy groups -OCH3 is 1. The normalized spacial score (nSPS) is 10.2. The lowest BCUT2D eigenvalue weighted by Gasteiger charge is -2.10. The first-order valence-electron chi connectivity index (χ1n) is 5.90. The molecule has 0 atom stereocenters. The molecule has 0 N–H and O–H groups in total. The van der Waals surface area contributed by atoms with E-state index in [1.165, 1.54) is 43.5 Å². The molecule has 0 heterocycles. The first kappa shape index (κ1) is 15.1. The molecule has 0 aromatic heterocycles.